The van der Waals surface area contributed by atoms with Gasteiger partial charge in [-0.3, -0.25) is 0 Å². The molecule has 0 aromatic heterocycles. The average Bonchev–Trinajstić information content (AvgIpc) is 2.46. The molecule has 1 atom stereocenters. The molecule has 0 amide bonds. The molecule has 1 unspecified atom stereocenters. The van der Waals surface area contributed by atoms with Gasteiger partial charge in [-0.2, -0.15) is 0 Å². The third-order valence-corrected chi connectivity index (χ3v) is 3.01. The van der Waals surface area contributed by atoms with Gasteiger partial charge in [-0.15, -0.1) is 0 Å². The van der Waals surface area contributed by atoms with Crippen LogP contribution in [0.3, 0.4) is 0 Å². The number of ether oxygens (including phenoxy) is 2. The van der Waals surface area contributed by atoms with Gasteiger partial charge < -0.3 is 25.2 Å². The van der Waals surface area contributed by atoms with Crippen LogP contribution in [0.1, 0.15) is 12.0 Å². The van der Waals surface area contributed by atoms with E-state index in [2.05, 4.69) is 4.90 Å². The molecule has 1 aromatic rings. The van der Waals surface area contributed by atoms with E-state index < -0.39 is 6.10 Å². The second-order valence-corrected chi connectivity index (χ2v) is 4.92. The van der Waals surface area contributed by atoms with Crippen LogP contribution in [0.5, 0.6) is 5.75 Å². The van der Waals surface area contributed by atoms with E-state index in [1.165, 1.54) is 0 Å². The zero-order valence-corrected chi connectivity index (χ0v) is 12.4. The molecule has 0 bridgehead atoms. The highest BCUT2D eigenvalue weighted by Gasteiger charge is 2.09. The quantitative estimate of drug-likeness (QED) is 0.623. The van der Waals surface area contributed by atoms with Crippen LogP contribution in [0.4, 0.5) is 0 Å². The van der Waals surface area contributed by atoms with Crippen molar-refractivity contribution < 1.29 is 14.6 Å². The number of aliphatic hydroxyl groups is 1. The number of benzene rings is 1. The SMILES string of the molecule is COCCCN(C)CC(O)COc1ccc(CN)cc1. The molecule has 114 valence electrons. The summed E-state index contributed by atoms with van der Waals surface area (Å²) in [6, 6.07) is 7.60. The zero-order valence-electron chi connectivity index (χ0n) is 12.4. The Labute approximate surface area is 121 Å². The maximum atomic E-state index is 9.92. The smallest absolute Gasteiger partial charge is 0.119 e. The summed E-state index contributed by atoms with van der Waals surface area (Å²) in [5.41, 5.74) is 6.60. The van der Waals surface area contributed by atoms with Crippen LogP contribution in [0.25, 0.3) is 0 Å². The second-order valence-electron chi connectivity index (χ2n) is 4.92. The molecular formula is C15H26N2O3. The fourth-order valence-electron chi connectivity index (χ4n) is 1.90. The lowest BCUT2D eigenvalue weighted by Gasteiger charge is -2.20. The number of rotatable bonds is 10. The standard InChI is InChI=1S/C15H26N2O3/c1-17(8-3-9-19-2)11-14(18)12-20-15-6-4-13(10-16)5-7-15/h4-7,14,18H,3,8-12,16H2,1-2H3. The lowest BCUT2D eigenvalue weighted by Crippen LogP contribution is -2.34. The molecule has 0 aliphatic rings. The van der Waals surface area contributed by atoms with Crippen molar-refractivity contribution in [3.05, 3.63) is 29.8 Å². The van der Waals surface area contributed by atoms with Gasteiger partial charge in [0, 0.05) is 33.4 Å². The first-order valence-corrected chi connectivity index (χ1v) is 6.93. The minimum absolute atomic E-state index is 0.288. The van der Waals surface area contributed by atoms with Gasteiger partial charge in [0.1, 0.15) is 18.5 Å². The van der Waals surface area contributed by atoms with E-state index in [4.69, 9.17) is 15.2 Å². The van der Waals surface area contributed by atoms with Crippen molar-refractivity contribution in [3.8, 4) is 5.75 Å². The van der Waals surface area contributed by atoms with Crippen molar-refractivity contribution in [2.24, 2.45) is 5.73 Å². The number of aliphatic hydroxyl groups excluding tert-OH is 1. The molecule has 20 heavy (non-hydrogen) atoms. The first-order chi connectivity index (χ1) is 9.65. The third kappa shape index (κ3) is 6.86. The largest absolute Gasteiger partial charge is 0.491 e. The van der Waals surface area contributed by atoms with E-state index in [0.29, 0.717) is 13.1 Å². The Bertz CT molecular complexity index is 357. The molecule has 5 nitrogen and oxygen atoms in total. The van der Waals surface area contributed by atoms with Gasteiger partial charge in [0.15, 0.2) is 0 Å². The summed E-state index contributed by atoms with van der Waals surface area (Å²) in [5.74, 6) is 0.753. The molecule has 0 heterocycles. The van der Waals surface area contributed by atoms with E-state index in [0.717, 1.165) is 30.9 Å². The Balaban J connectivity index is 2.22. The summed E-state index contributed by atoms with van der Waals surface area (Å²) in [6.07, 6.45) is 0.456. The van der Waals surface area contributed by atoms with Gasteiger partial charge in [-0.1, -0.05) is 12.1 Å². The molecule has 0 saturated carbocycles. The minimum atomic E-state index is -0.503. The lowest BCUT2D eigenvalue weighted by atomic mass is 10.2. The molecule has 0 aliphatic carbocycles. The monoisotopic (exact) mass is 282 g/mol. The molecule has 0 aliphatic heterocycles. The predicted molar refractivity (Wildman–Crippen MR) is 79.8 cm³/mol. The van der Waals surface area contributed by atoms with Crippen molar-refractivity contribution in [1.82, 2.24) is 4.90 Å². The molecule has 0 saturated heterocycles. The van der Waals surface area contributed by atoms with E-state index in [9.17, 15) is 5.11 Å². The summed E-state index contributed by atoms with van der Waals surface area (Å²) >= 11 is 0. The van der Waals surface area contributed by atoms with Gasteiger partial charge >= 0.3 is 0 Å². The first kappa shape index (κ1) is 16.9. The lowest BCUT2D eigenvalue weighted by molar-refractivity contribution is 0.0731. The zero-order chi connectivity index (χ0) is 14.8. The number of methoxy groups -OCH3 is 1. The van der Waals surface area contributed by atoms with E-state index in [-0.39, 0.29) is 6.61 Å². The van der Waals surface area contributed by atoms with Crippen LogP contribution in [-0.4, -0.2) is 56.6 Å². The Kier molecular flexibility index (Phi) is 8.22. The summed E-state index contributed by atoms with van der Waals surface area (Å²) < 4.78 is 10.6. The summed E-state index contributed by atoms with van der Waals surface area (Å²) in [7, 11) is 3.67. The Morgan fingerprint density at radius 1 is 1.30 bits per heavy atom. The van der Waals surface area contributed by atoms with Gasteiger partial charge in [-0.05, 0) is 31.2 Å². The second kappa shape index (κ2) is 9.72. The van der Waals surface area contributed by atoms with E-state index in [1.54, 1.807) is 7.11 Å². The number of nitrogens with zero attached hydrogens (tertiary/aromatic N) is 1. The van der Waals surface area contributed by atoms with Crippen LogP contribution in [-0.2, 0) is 11.3 Å². The van der Waals surface area contributed by atoms with Gasteiger partial charge in [0.25, 0.3) is 0 Å². The summed E-state index contributed by atoms with van der Waals surface area (Å²) in [6.45, 7) is 3.04. The predicted octanol–water partition coefficient (Wildman–Crippen LogP) is 0.853. The highest BCUT2D eigenvalue weighted by molar-refractivity contribution is 5.27. The van der Waals surface area contributed by atoms with Crippen LogP contribution < -0.4 is 10.5 Å². The van der Waals surface area contributed by atoms with E-state index >= 15 is 0 Å². The maximum Gasteiger partial charge on any atom is 0.119 e. The Hall–Kier alpha value is -1.14. The highest BCUT2D eigenvalue weighted by atomic mass is 16.5. The Morgan fingerprint density at radius 2 is 2.00 bits per heavy atom. The van der Waals surface area contributed by atoms with Crippen LogP contribution in [0, 0.1) is 0 Å². The number of likely N-dealkylation sites (N-methyl/N-ethyl adjacent to an activating group) is 1. The average molecular weight is 282 g/mol. The summed E-state index contributed by atoms with van der Waals surface area (Å²) in [5, 5.41) is 9.92. The third-order valence-electron chi connectivity index (χ3n) is 3.01. The fourth-order valence-corrected chi connectivity index (χ4v) is 1.90. The van der Waals surface area contributed by atoms with Gasteiger partial charge in [0.2, 0.25) is 0 Å². The molecule has 0 spiro atoms. The summed E-state index contributed by atoms with van der Waals surface area (Å²) in [4.78, 5) is 2.07. The molecule has 0 fully saturated rings. The molecular weight excluding hydrogens is 256 g/mol. The minimum Gasteiger partial charge on any atom is -0.491 e. The normalized spacial score (nSPS) is 12.7. The molecule has 5 heteroatoms. The Morgan fingerprint density at radius 3 is 2.60 bits per heavy atom. The molecule has 3 N–H and O–H groups in total. The number of nitrogens with two attached hydrogens (primary N) is 1. The van der Waals surface area contributed by atoms with Crippen LogP contribution in [0.2, 0.25) is 0 Å². The van der Waals surface area contributed by atoms with Crippen LogP contribution in [0.15, 0.2) is 24.3 Å². The highest BCUT2D eigenvalue weighted by Crippen LogP contribution is 2.12. The fraction of sp³-hybridized carbons (Fsp3) is 0.600. The molecule has 0 radical (unpaired) electrons. The van der Waals surface area contributed by atoms with Crippen molar-refractivity contribution in [1.29, 1.82) is 0 Å². The van der Waals surface area contributed by atoms with Gasteiger partial charge in [-0.25, -0.2) is 0 Å². The first-order valence-electron chi connectivity index (χ1n) is 6.93. The maximum absolute atomic E-state index is 9.92. The molecule has 1 rings (SSSR count). The number of hydrogen-bond acceptors (Lipinski definition) is 5. The van der Waals surface area contributed by atoms with Crippen molar-refractivity contribution in [2.75, 3.05) is 40.5 Å². The van der Waals surface area contributed by atoms with Gasteiger partial charge in [0.05, 0.1) is 0 Å². The number of hydrogen-bond donors (Lipinski definition) is 2. The van der Waals surface area contributed by atoms with Crippen LogP contribution >= 0.6 is 0 Å². The van der Waals surface area contributed by atoms with Crippen molar-refractivity contribution in [2.45, 2.75) is 19.1 Å². The molecule has 1 aromatic carbocycles. The van der Waals surface area contributed by atoms with Crippen molar-refractivity contribution in [3.63, 3.8) is 0 Å². The van der Waals surface area contributed by atoms with Crippen molar-refractivity contribution >= 4 is 0 Å². The van der Waals surface area contributed by atoms with E-state index in [1.807, 2.05) is 31.3 Å². The topological polar surface area (TPSA) is 68.0 Å².